The first-order valence-corrected chi connectivity index (χ1v) is 9.34. The standard InChI is InChI=1S/C19H17F2N5O4/c20-19(21)28-13-4-3-12(10-15(13)29-19)11-25-6-8-26(9-7-25)18(27)23-17-16-14(30-24-17)2-1-5-22-16/h1-5,10H,6-9,11H2,(H,23,24,27). The van der Waals surface area contributed by atoms with Crippen LogP contribution in [0.5, 0.6) is 11.5 Å². The lowest BCUT2D eigenvalue weighted by atomic mass is 10.1. The van der Waals surface area contributed by atoms with E-state index >= 15 is 0 Å². The largest absolute Gasteiger partial charge is 0.586 e. The summed E-state index contributed by atoms with van der Waals surface area (Å²) < 4.78 is 40.4. The number of anilines is 1. The highest BCUT2D eigenvalue weighted by molar-refractivity contribution is 5.96. The van der Waals surface area contributed by atoms with Crippen LogP contribution in [-0.4, -0.2) is 58.4 Å². The molecular weight excluding hydrogens is 400 g/mol. The third kappa shape index (κ3) is 3.59. The second-order valence-electron chi connectivity index (χ2n) is 7.02. The summed E-state index contributed by atoms with van der Waals surface area (Å²) in [7, 11) is 0. The molecule has 0 spiro atoms. The van der Waals surface area contributed by atoms with Crippen molar-refractivity contribution in [1.82, 2.24) is 19.9 Å². The van der Waals surface area contributed by atoms with Gasteiger partial charge in [0.15, 0.2) is 22.6 Å². The van der Waals surface area contributed by atoms with Crippen LogP contribution < -0.4 is 14.8 Å². The van der Waals surface area contributed by atoms with Crippen molar-refractivity contribution in [3.8, 4) is 11.5 Å². The summed E-state index contributed by atoms with van der Waals surface area (Å²) in [6, 6.07) is 7.93. The van der Waals surface area contributed by atoms with Gasteiger partial charge in [0.05, 0.1) is 0 Å². The van der Waals surface area contributed by atoms with Gasteiger partial charge in [0.2, 0.25) is 5.82 Å². The molecule has 9 nitrogen and oxygen atoms in total. The van der Waals surface area contributed by atoms with Crippen LogP contribution in [0.3, 0.4) is 0 Å². The van der Waals surface area contributed by atoms with Crippen molar-refractivity contribution in [3.05, 3.63) is 42.1 Å². The zero-order chi connectivity index (χ0) is 20.7. The Morgan fingerprint density at radius 2 is 1.93 bits per heavy atom. The number of benzene rings is 1. The van der Waals surface area contributed by atoms with Gasteiger partial charge >= 0.3 is 12.3 Å². The van der Waals surface area contributed by atoms with Gasteiger partial charge in [-0.25, -0.2) is 9.78 Å². The Morgan fingerprint density at radius 1 is 1.13 bits per heavy atom. The molecule has 3 aromatic rings. The van der Waals surface area contributed by atoms with E-state index in [1.54, 1.807) is 35.4 Å². The zero-order valence-corrected chi connectivity index (χ0v) is 15.7. The molecule has 1 fully saturated rings. The number of nitrogens with one attached hydrogen (secondary N) is 1. The molecule has 1 saturated heterocycles. The molecule has 2 aromatic heterocycles. The fourth-order valence-electron chi connectivity index (χ4n) is 3.50. The fraction of sp³-hybridized carbons (Fsp3) is 0.316. The predicted molar refractivity (Wildman–Crippen MR) is 100 cm³/mol. The van der Waals surface area contributed by atoms with E-state index in [0.717, 1.165) is 5.56 Å². The van der Waals surface area contributed by atoms with Crippen molar-refractivity contribution in [3.63, 3.8) is 0 Å². The number of alkyl halides is 2. The Hall–Kier alpha value is -3.47. The predicted octanol–water partition coefficient (Wildman–Crippen LogP) is 2.89. The number of aromatic nitrogens is 2. The summed E-state index contributed by atoms with van der Waals surface area (Å²) in [6.45, 7) is 2.84. The number of amides is 2. The van der Waals surface area contributed by atoms with Gasteiger partial charge in [0.25, 0.3) is 0 Å². The number of halogens is 2. The van der Waals surface area contributed by atoms with Gasteiger partial charge in [0, 0.05) is 38.9 Å². The molecule has 0 unspecified atom stereocenters. The minimum Gasteiger partial charge on any atom is -0.395 e. The van der Waals surface area contributed by atoms with Crippen molar-refractivity contribution in [2.24, 2.45) is 0 Å². The van der Waals surface area contributed by atoms with E-state index in [1.165, 1.54) is 6.07 Å². The van der Waals surface area contributed by atoms with E-state index in [9.17, 15) is 13.6 Å². The number of hydrogen-bond donors (Lipinski definition) is 1. The number of urea groups is 1. The third-order valence-corrected chi connectivity index (χ3v) is 4.99. The lowest BCUT2D eigenvalue weighted by molar-refractivity contribution is -0.286. The Labute approximate surface area is 169 Å². The Balaban J connectivity index is 1.16. The minimum atomic E-state index is -3.62. The van der Waals surface area contributed by atoms with Crippen molar-refractivity contribution < 1.29 is 27.6 Å². The highest BCUT2D eigenvalue weighted by Gasteiger charge is 2.43. The highest BCUT2D eigenvalue weighted by atomic mass is 19.3. The number of fused-ring (bicyclic) bond motifs is 2. The molecule has 2 aliphatic heterocycles. The maximum atomic E-state index is 13.2. The average Bonchev–Trinajstić information content (AvgIpc) is 3.27. The smallest absolute Gasteiger partial charge is 0.395 e. The Bertz CT molecular complexity index is 1100. The third-order valence-electron chi connectivity index (χ3n) is 4.99. The molecule has 2 aliphatic rings. The van der Waals surface area contributed by atoms with Crippen LogP contribution in [-0.2, 0) is 6.54 Å². The van der Waals surface area contributed by atoms with Crippen molar-refractivity contribution >= 4 is 22.9 Å². The summed E-state index contributed by atoms with van der Waals surface area (Å²) in [5.74, 6) is 0.347. The molecule has 2 amide bonds. The van der Waals surface area contributed by atoms with Crippen molar-refractivity contribution in [2.45, 2.75) is 12.8 Å². The molecule has 0 radical (unpaired) electrons. The van der Waals surface area contributed by atoms with Gasteiger partial charge in [0.1, 0.15) is 0 Å². The number of carbonyl (C=O) groups excluding carboxylic acids is 1. The molecule has 5 rings (SSSR count). The first-order valence-electron chi connectivity index (χ1n) is 9.34. The molecule has 1 aromatic carbocycles. The summed E-state index contributed by atoms with van der Waals surface area (Å²) in [4.78, 5) is 20.5. The average molecular weight is 417 g/mol. The molecule has 0 aliphatic carbocycles. The SMILES string of the molecule is O=C(Nc1noc2cccnc12)N1CCN(Cc2ccc3c(c2)OC(F)(F)O3)CC1. The molecule has 11 heteroatoms. The van der Waals surface area contributed by atoms with Gasteiger partial charge < -0.3 is 18.9 Å². The summed E-state index contributed by atoms with van der Waals surface area (Å²) in [6.07, 6.45) is -2.02. The number of ether oxygens (including phenoxy) is 2. The number of piperazine rings is 1. The Morgan fingerprint density at radius 3 is 2.77 bits per heavy atom. The maximum Gasteiger partial charge on any atom is 0.586 e. The number of hydrogen-bond acceptors (Lipinski definition) is 7. The van der Waals surface area contributed by atoms with Crippen LogP contribution in [0.4, 0.5) is 19.4 Å². The van der Waals surface area contributed by atoms with E-state index < -0.39 is 6.29 Å². The molecular formula is C19H17F2N5O4. The van der Waals surface area contributed by atoms with Gasteiger partial charge in [-0.15, -0.1) is 8.78 Å². The summed E-state index contributed by atoms with van der Waals surface area (Å²) >= 11 is 0. The molecule has 1 N–H and O–H groups in total. The minimum absolute atomic E-state index is 0.0279. The van der Waals surface area contributed by atoms with E-state index in [2.05, 4.69) is 29.8 Å². The highest BCUT2D eigenvalue weighted by Crippen LogP contribution is 2.41. The van der Waals surface area contributed by atoms with Crippen LogP contribution in [0.2, 0.25) is 0 Å². The van der Waals surface area contributed by atoms with Crippen LogP contribution >= 0.6 is 0 Å². The quantitative estimate of drug-likeness (QED) is 0.700. The van der Waals surface area contributed by atoms with Gasteiger partial charge in [-0.2, -0.15) is 0 Å². The van der Waals surface area contributed by atoms with E-state index in [0.29, 0.717) is 43.8 Å². The zero-order valence-electron chi connectivity index (χ0n) is 15.7. The van der Waals surface area contributed by atoms with E-state index in [1.807, 2.05) is 0 Å². The van der Waals surface area contributed by atoms with E-state index in [-0.39, 0.29) is 23.3 Å². The first kappa shape index (κ1) is 18.6. The van der Waals surface area contributed by atoms with Crippen LogP contribution in [0.25, 0.3) is 11.1 Å². The summed E-state index contributed by atoms with van der Waals surface area (Å²) in [5, 5.41) is 6.59. The lowest BCUT2D eigenvalue weighted by Gasteiger charge is -2.34. The van der Waals surface area contributed by atoms with Crippen LogP contribution in [0.1, 0.15) is 5.56 Å². The lowest BCUT2D eigenvalue weighted by Crippen LogP contribution is -2.49. The Kier molecular flexibility index (Phi) is 4.39. The number of nitrogens with zero attached hydrogens (tertiary/aromatic N) is 4. The number of pyridine rings is 1. The molecule has 156 valence electrons. The molecule has 0 bridgehead atoms. The summed E-state index contributed by atoms with van der Waals surface area (Å²) in [5.41, 5.74) is 1.82. The molecule has 30 heavy (non-hydrogen) atoms. The van der Waals surface area contributed by atoms with Crippen LogP contribution in [0.15, 0.2) is 41.1 Å². The van der Waals surface area contributed by atoms with Gasteiger partial charge in [-0.3, -0.25) is 10.2 Å². The normalized spacial score (nSPS) is 18.0. The maximum absolute atomic E-state index is 13.2. The second-order valence-corrected chi connectivity index (χ2v) is 7.02. The van der Waals surface area contributed by atoms with Crippen molar-refractivity contribution in [1.29, 1.82) is 0 Å². The van der Waals surface area contributed by atoms with E-state index in [4.69, 9.17) is 4.52 Å². The molecule has 0 atom stereocenters. The second kappa shape index (κ2) is 7.10. The number of carbonyl (C=O) groups is 1. The van der Waals surface area contributed by atoms with Gasteiger partial charge in [-0.05, 0) is 29.8 Å². The molecule has 4 heterocycles. The number of rotatable bonds is 3. The van der Waals surface area contributed by atoms with Crippen LogP contribution in [0, 0.1) is 0 Å². The van der Waals surface area contributed by atoms with Gasteiger partial charge in [-0.1, -0.05) is 11.2 Å². The monoisotopic (exact) mass is 417 g/mol. The fourth-order valence-corrected chi connectivity index (χ4v) is 3.50. The topological polar surface area (TPSA) is 93.0 Å². The molecule has 0 saturated carbocycles. The van der Waals surface area contributed by atoms with Crippen molar-refractivity contribution in [2.75, 3.05) is 31.5 Å². The first-order chi connectivity index (χ1) is 14.5.